The van der Waals surface area contributed by atoms with Gasteiger partial charge in [0.15, 0.2) is 6.61 Å². The van der Waals surface area contributed by atoms with E-state index in [1.165, 1.54) is 5.56 Å². The van der Waals surface area contributed by atoms with Crippen LogP contribution in [0.25, 0.3) is 11.1 Å². The fourth-order valence-corrected chi connectivity index (χ4v) is 6.54. The average Bonchev–Trinajstić information content (AvgIpc) is 3.91. The summed E-state index contributed by atoms with van der Waals surface area (Å²) in [5, 5.41) is 3.50. The highest BCUT2D eigenvalue weighted by molar-refractivity contribution is 6.01. The number of benzene rings is 3. The Bertz CT molecular complexity index is 1510. The van der Waals surface area contributed by atoms with Crippen molar-refractivity contribution < 1.29 is 23.8 Å². The standard InChI is InChI=1S/C37H46N4O5/c1-39(2)19-21-45-31-13-8-26(9-14-31)27-6-4-7-28(22-27)32-16-17-38-24-33(32)37(43)41(29-10-11-29)30-12-15-35-34(23-30)40(18-5-20-44-3)36(42)25-46-35/h4,6-9,12-15,22-23,29,32-33,38H,5,10-11,16-21,24-25H2,1-3H3/t32-,33+/m1/s1. The predicted molar refractivity (Wildman–Crippen MR) is 181 cm³/mol. The lowest BCUT2D eigenvalue weighted by Crippen LogP contribution is -2.47. The molecule has 0 spiro atoms. The van der Waals surface area contributed by atoms with Gasteiger partial charge in [-0.1, -0.05) is 36.4 Å². The Morgan fingerprint density at radius 3 is 2.59 bits per heavy atom. The first-order chi connectivity index (χ1) is 22.4. The van der Waals surface area contributed by atoms with E-state index in [2.05, 4.69) is 46.6 Å². The summed E-state index contributed by atoms with van der Waals surface area (Å²) in [5.74, 6) is 1.49. The number of carbonyl (C=O) groups is 2. The first kappa shape index (κ1) is 32.0. The van der Waals surface area contributed by atoms with Crippen LogP contribution in [0.5, 0.6) is 11.5 Å². The molecule has 3 aromatic carbocycles. The van der Waals surface area contributed by atoms with E-state index in [1.54, 1.807) is 12.0 Å². The Hall–Kier alpha value is -3.92. The van der Waals surface area contributed by atoms with E-state index in [4.69, 9.17) is 14.2 Å². The van der Waals surface area contributed by atoms with E-state index in [-0.39, 0.29) is 36.3 Å². The van der Waals surface area contributed by atoms with Crippen molar-refractivity contribution in [3.05, 3.63) is 72.3 Å². The topological polar surface area (TPSA) is 83.6 Å². The highest BCUT2D eigenvalue weighted by Gasteiger charge is 2.41. The second-order valence-corrected chi connectivity index (χ2v) is 12.8. The molecule has 244 valence electrons. The van der Waals surface area contributed by atoms with Gasteiger partial charge in [-0.25, -0.2) is 0 Å². The SMILES string of the molecule is COCCCN1C(=O)COc2ccc(N(C(=O)[C@H]3CNCC[C@@H]3c3cccc(-c4ccc(OCCN(C)C)cc4)c3)C3CC3)cc21. The molecule has 0 radical (unpaired) electrons. The van der Waals surface area contributed by atoms with Crippen molar-refractivity contribution in [3.63, 3.8) is 0 Å². The molecule has 1 saturated carbocycles. The second-order valence-electron chi connectivity index (χ2n) is 12.8. The zero-order valence-corrected chi connectivity index (χ0v) is 27.2. The van der Waals surface area contributed by atoms with E-state index >= 15 is 0 Å². The number of rotatable bonds is 13. The van der Waals surface area contributed by atoms with Crippen LogP contribution >= 0.6 is 0 Å². The van der Waals surface area contributed by atoms with E-state index in [0.29, 0.717) is 32.1 Å². The lowest BCUT2D eigenvalue weighted by Gasteiger charge is -2.36. The third kappa shape index (κ3) is 7.38. The van der Waals surface area contributed by atoms with Crippen molar-refractivity contribution >= 4 is 23.2 Å². The number of methoxy groups -OCH3 is 1. The first-order valence-electron chi connectivity index (χ1n) is 16.5. The molecule has 9 heteroatoms. The zero-order chi connectivity index (χ0) is 32.0. The van der Waals surface area contributed by atoms with Crippen molar-refractivity contribution in [2.24, 2.45) is 5.92 Å². The molecule has 2 atom stereocenters. The summed E-state index contributed by atoms with van der Waals surface area (Å²) in [4.78, 5) is 33.3. The van der Waals surface area contributed by atoms with Gasteiger partial charge in [0.05, 0.1) is 11.6 Å². The molecule has 1 aliphatic carbocycles. The van der Waals surface area contributed by atoms with E-state index in [1.807, 2.05) is 49.3 Å². The number of nitrogens with zero attached hydrogens (tertiary/aromatic N) is 3. The highest BCUT2D eigenvalue weighted by atomic mass is 16.5. The molecule has 0 bridgehead atoms. The summed E-state index contributed by atoms with van der Waals surface area (Å²) >= 11 is 0. The fourth-order valence-electron chi connectivity index (χ4n) is 6.54. The monoisotopic (exact) mass is 626 g/mol. The number of carbonyl (C=O) groups excluding carboxylic acids is 2. The molecule has 6 rings (SSSR count). The summed E-state index contributed by atoms with van der Waals surface area (Å²) in [6.45, 7) is 4.15. The minimum atomic E-state index is -0.205. The van der Waals surface area contributed by atoms with E-state index < -0.39 is 0 Å². The molecule has 2 amide bonds. The predicted octanol–water partition coefficient (Wildman–Crippen LogP) is 4.94. The smallest absolute Gasteiger partial charge is 0.265 e. The second kappa shape index (κ2) is 14.7. The maximum Gasteiger partial charge on any atom is 0.265 e. The summed E-state index contributed by atoms with van der Waals surface area (Å²) < 4.78 is 16.9. The van der Waals surface area contributed by atoms with Gasteiger partial charge in [-0.15, -0.1) is 0 Å². The summed E-state index contributed by atoms with van der Waals surface area (Å²) in [7, 11) is 5.74. The van der Waals surface area contributed by atoms with Crippen LogP contribution in [-0.4, -0.2) is 90.0 Å². The molecule has 2 aliphatic heterocycles. The molecule has 46 heavy (non-hydrogen) atoms. The number of anilines is 2. The van der Waals surface area contributed by atoms with Crippen LogP contribution in [0.3, 0.4) is 0 Å². The van der Waals surface area contributed by atoms with Gasteiger partial charge in [0.25, 0.3) is 5.91 Å². The largest absolute Gasteiger partial charge is 0.492 e. The lowest BCUT2D eigenvalue weighted by molar-refractivity contribution is -0.123. The summed E-state index contributed by atoms with van der Waals surface area (Å²) in [6, 6.07) is 22.9. The van der Waals surface area contributed by atoms with Crippen molar-refractivity contribution in [3.8, 4) is 22.6 Å². The minimum absolute atomic E-state index is 0.0216. The van der Waals surface area contributed by atoms with Gasteiger partial charge in [0, 0.05) is 45.1 Å². The van der Waals surface area contributed by atoms with Gasteiger partial charge in [0.2, 0.25) is 5.91 Å². The molecule has 1 saturated heterocycles. The molecular weight excluding hydrogens is 580 g/mol. The van der Waals surface area contributed by atoms with Crippen LogP contribution in [0, 0.1) is 5.92 Å². The number of hydrogen-bond donors (Lipinski definition) is 1. The molecule has 0 unspecified atom stereocenters. The van der Waals surface area contributed by atoms with Crippen LogP contribution in [0.1, 0.15) is 37.2 Å². The lowest BCUT2D eigenvalue weighted by atomic mass is 9.79. The molecule has 1 N–H and O–H groups in total. The Labute approximate surface area is 272 Å². The molecular formula is C37H46N4O5. The third-order valence-corrected chi connectivity index (χ3v) is 9.15. The average molecular weight is 627 g/mol. The number of nitrogens with one attached hydrogen (secondary N) is 1. The van der Waals surface area contributed by atoms with Gasteiger partial charge < -0.3 is 34.2 Å². The number of amides is 2. The summed E-state index contributed by atoms with van der Waals surface area (Å²) in [5.41, 5.74) is 5.00. The molecule has 2 fully saturated rings. The van der Waals surface area contributed by atoms with Crippen molar-refractivity contribution in [1.29, 1.82) is 0 Å². The van der Waals surface area contributed by atoms with Crippen LogP contribution in [0.4, 0.5) is 11.4 Å². The molecule has 2 heterocycles. The number of fused-ring (bicyclic) bond motifs is 1. The molecule has 9 nitrogen and oxygen atoms in total. The van der Waals surface area contributed by atoms with Gasteiger partial charge >= 0.3 is 0 Å². The van der Waals surface area contributed by atoms with Gasteiger partial charge in [-0.05, 0) is 99.3 Å². The Kier molecular flexibility index (Phi) is 10.2. The molecule has 3 aromatic rings. The number of hydrogen-bond acceptors (Lipinski definition) is 7. The fraction of sp³-hybridized carbons (Fsp3) is 0.459. The molecule has 3 aliphatic rings. The van der Waals surface area contributed by atoms with Gasteiger partial charge in [-0.2, -0.15) is 0 Å². The first-order valence-corrected chi connectivity index (χ1v) is 16.5. The minimum Gasteiger partial charge on any atom is -0.492 e. The van der Waals surface area contributed by atoms with E-state index in [9.17, 15) is 9.59 Å². The molecule has 0 aromatic heterocycles. The zero-order valence-electron chi connectivity index (χ0n) is 27.2. The van der Waals surface area contributed by atoms with Crippen LogP contribution in [0.15, 0.2) is 66.7 Å². The number of ether oxygens (including phenoxy) is 3. The normalized spacial score (nSPS) is 19.5. The number of piperidine rings is 1. The Balaban J connectivity index is 1.23. The van der Waals surface area contributed by atoms with Crippen molar-refractivity contribution in [1.82, 2.24) is 10.2 Å². The van der Waals surface area contributed by atoms with Crippen LogP contribution in [-0.2, 0) is 14.3 Å². The Morgan fingerprint density at radius 1 is 1.00 bits per heavy atom. The van der Waals surface area contributed by atoms with E-state index in [0.717, 1.165) is 67.0 Å². The van der Waals surface area contributed by atoms with Gasteiger partial charge in [-0.3, -0.25) is 9.59 Å². The summed E-state index contributed by atoms with van der Waals surface area (Å²) in [6.07, 6.45) is 3.56. The van der Waals surface area contributed by atoms with Gasteiger partial charge in [0.1, 0.15) is 18.1 Å². The Morgan fingerprint density at radius 2 is 1.83 bits per heavy atom. The van der Waals surface area contributed by atoms with Crippen LogP contribution < -0.4 is 24.6 Å². The van der Waals surface area contributed by atoms with Crippen molar-refractivity contribution in [2.75, 3.05) is 77.0 Å². The maximum atomic E-state index is 14.6. The van der Waals surface area contributed by atoms with Crippen LogP contribution in [0.2, 0.25) is 0 Å². The highest BCUT2D eigenvalue weighted by Crippen LogP contribution is 2.42. The quantitative estimate of drug-likeness (QED) is 0.269. The number of likely N-dealkylation sites (N-methyl/N-ethyl adjacent to an activating group) is 1. The maximum absolute atomic E-state index is 14.6. The van der Waals surface area contributed by atoms with Crippen molar-refractivity contribution in [2.45, 2.75) is 37.6 Å². The third-order valence-electron chi connectivity index (χ3n) is 9.15.